The number of hydrogen-bond donors (Lipinski definition) is 1. The predicted octanol–water partition coefficient (Wildman–Crippen LogP) is 3.97. The van der Waals surface area contributed by atoms with Crippen molar-refractivity contribution in [1.29, 1.82) is 0 Å². The molecule has 0 saturated heterocycles. The molecule has 0 spiro atoms. The standard InChI is InChI=1S/C18H21ClN2O/c1-21(2)13-15-5-3-4-6-17(15)20-18(22)12-9-14-7-10-16(19)11-8-14/h3-8,10-11H,9,12-13H2,1-2H3,(H,20,22). The molecule has 2 aromatic rings. The van der Waals surface area contributed by atoms with Crippen molar-refractivity contribution in [3.63, 3.8) is 0 Å². The number of carbonyl (C=O) groups excluding carboxylic acids is 1. The van der Waals surface area contributed by atoms with Crippen molar-refractivity contribution in [3.05, 3.63) is 64.7 Å². The van der Waals surface area contributed by atoms with Gasteiger partial charge in [0.2, 0.25) is 5.91 Å². The van der Waals surface area contributed by atoms with Crippen LogP contribution in [0.3, 0.4) is 0 Å². The van der Waals surface area contributed by atoms with Gasteiger partial charge in [-0.15, -0.1) is 0 Å². The molecule has 1 amide bonds. The Morgan fingerprint density at radius 1 is 1.09 bits per heavy atom. The second-order valence-corrected chi connectivity index (χ2v) is 6.01. The summed E-state index contributed by atoms with van der Waals surface area (Å²) < 4.78 is 0. The maximum absolute atomic E-state index is 12.1. The number of benzene rings is 2. The fraction of sp³-hybridized carbons (Fsp3) is 0.278. The Morgan fingerprint density at radius 3 is 2.45 bits per heavy atom. The smallest absolute Gasteiger partial charge is 0.224 e. The third-order valence-electron chi connectivity index (χ3n) is 3.33. The van der Waals surface area contributed by atoms with Gasteiger partial charge in [0, 0.05) is 23.7 Å². The lowest BCUT2D eigenvalue weighted by Gasteiger charge is -2.14. The number of hydrogen-bond acceptors (Lipinski definition) is 2. The van der Waals surface area contributed by atoms with Crippen molar-refractivity contribution in [2.24, 2.45) is 0 Å². The van der Waals surface area contributed by atoms with Crippen LogP contribution in [0.4, 0.5) is 5.69 Å². The highest BCUT2D eigenvalue weighted by Crippen LogP contribution is 2.17. The minimum absolute atomic E-state index is 0.0288. The van der Waals surface area contributed by atoms with E-state index in [2.05, 4.69) is 10.2 Å². The summed E-state index contributed by atoms with van der Waals surface area (Å²) in [5.74, 6) is 0.0288. The third-order valence-corrected chi connectivity index (χ3v) is 3.58. The van der Waals surface area contributed by atoms with Crippen LogP contribution in [0.1, 0.15) is 17.5 Å². The van der Waals surface area contributed by atoms with Gasteiger partial charge >= 0.3 is 0 Å². The number of nitrogens with zero attached hydrogens (tertiary/aromatic N) is 1. The van der Waals surface area contributed by atoms with E-state index in [1.165, 1.54) is 0 Å². The second-order valence-electron chi connectivity index (χ2n) is 5.57. The van der Waals surface area contributed by atoms with Crippen LogP contribution in [0.15, 0.2) is 48.5 Å². The normalized spacial score (nSPS) is 10.7. The molecule has 3 nitrogen and oxygen atoms in total. The summed E-state index contributed by atoms with van der Waals surface area (Å²) in [5, 5.41) is 3.72. The molecule has 0 aliphatic rings. The molecule has 0 saturated carbocycles. The molecule has 0 heterocycles. The van der Waals surface area contributed by atoms with Crippen LogP contribution in [-0.4, -0.2) is 24.9 Å². The molecule has 2 rings (SSSR count). The Bertz CT molecular complexity index is 623. The van der Waals surface area contributed by atoms with E-state index in [4.69, 9.17) is 11.6 Å². The molecule has 4 heteroatoms. The fourth-order valence-corrected chi connectivity index (χ4v) is 2.37. The molecule has 0 fully saturated rings. The summed E-state index contributed by atoms with van der Waals surface area (Å²) in [7, 11) is 4.03. The zero-order valence-electron chi connectivity index (χ0n) is 13.0. The minimum Gasteiger partial charge on any atom is -0.326 e. The zero-order chi connectivity index (χ0) is 15.9. The van der Waals surface area contributed by atoms with Crippen molar-refractivity contribution < 1.29 is 4.79 Å². The van der Waals surface area contributed by atoms with E-state index in [1.54, 1.807) is 0 Å². The van der Waals surface area contributed by atoms with Crippen molar-refractivity contribution in [2.75, 3.05) is 19.4 Å². The number of aryl methyl sites for hydroxylation is 1. The first-order chi connectivity index (χ1) is 10.5. The highest BCUT2D eigenvalue weighted by atomic mass is 35.5. The van der Waals surface area contributed by atoms with Gasteiger partial charge in [-0.3, -0.25) is 4.79 Å². The summed E-state index contributed by atoms with van der Waals surface area (Å²) >= 11 is 5.86. The fourth-order valence-electron chi connectivity index (χ4n) is 2.24. The van der Waals surface area contributed by atoms with Gasteiger partial charge in [-0.25, -0.2) is 0 Å². The SMILES string of the molecule is CN(C)Cc1ccccc1NC(=O)CCc1ccc(Cl)cc1. The first kappa shape index (κ1) is 16.5. The first-order valence-electron chi connectivity index (χ1n) is 7.31. The van der Waals surface area contributed by atoms with E-state index >= 15 is 0 Å². The maximum atomic E-state index is 12.1. The molecule has 0 unspecified atom stereocenters. The van der Waals surface area contributed by atoms with E-state index in [9.17, 15) is 4.79 Å². The number of anilines is 1. The van der Waals surface area contributed by atoms with Gasteiger partial charge in [0.05, 0.1) is 0 Å². The van der Waals surface area contributed by atoms with Crippen LogP contribution in [0.5, 0.6) is 0 Å². The van der Waals surface area contributed by atoms with Crippen LogP contribution < -0.4 is 5.32 Å². The molecule has 22 heavy (non-hydrogen) atoms. The monoisotopic (exact) mass is 316 g/mol. The minimum atomic E-state index is 0.0288. The summed E-state index contributed by atoms with van der Waals surface area (Å²) in [4.78, 5) is 14.2. The van der Waals surface area contributed by atoms with Crippen LogP contribution in [-0.2, 0) is 17.8 Å². The number of halogens is 1. The average Bonchev–Trinajstić information content (AvgIpc) is 2.48. The predicted molar refractivity (Wildman–Crippen MR) is 92.2 cm³/mol. The van der Waals surface area contributed by atoms with Crippen LogP contribution in [0.2, 0.25) is 5.02 Å². The largest absolute Gasteiger partial charge is 0.326 e. The Morgan fingerprint density at radius 2 is 1.77 bits per heavy atom. The number of nitrogens with one attached hydrogen (secondary N) is 1. The number of amides is 1. The lowest BCUT2D eigenvalue weighted by Crippen LogP contribution is -2.16. The number of rotatable bonds is 6. The van der Waals surface area contributed by atoms with Crippen LogP contribution in [0, 0.1) is 0 Å². The molecule has 0 aliphatic heterocycles. The Hall–Kier alpha value is -1.84. The van der Waals surface area contributed by atoms with Crippen molar-refractivity contribution in [2.45, 2.75) is 19.4 Å². The van der Waals surface area contributed by atoms with Crippen LogP contribution >= 0.6 is 11.6 Å². The van der Waals surface area contributed by atoms with Gasteiger partial charge in [0.25, 0.3) is 0 Å². The lowest BCUT2D eigenvalue weighted by molar-refractivity contribution is -0.116. The molecule has 0 atom stereocenters. The highest BCUT2D eigenvalue weighted by molar-refractivity contribution is 6.30. The zero-order valence-corrected chi connectivity index (χ0v) is 13.7. The van der Waals surface area contributed by atoms with Gasteiger partial charge in [-0.2, -0.15) is 0 Å². The molecule has 0 radical (unpaired) electrons. The van der Waals surface area contributed by atoms with Crippen LogP contribution in [0.25, 0.3) is 0 Å². The average molecular weight is 317 g/mol. The molecule has 2 aromatic carbocycles. The Balaban J connectivity index is 1.93. The van der Waals surface area contributed by atoms with Gasteiger partial charge in [-0.05, 0) is 49.8 Å². The summed E-state index contributed by atoms with van der Waals surface area (Å²) in [6.45, 7) is 0.799. The summed E-state index contributed by atoms with van der Waals surface area (Å²) in [6, 6.07) is 15.5. The molecular weight excluding hydrogens is 296 g/mol. The maximum Gasteiger partial charge on any atom is 0.224 e. The number of carbonyl (C=O) groups is 1. The lowest BCUT2D eigenvalue weighted by atomic mass is 10.1. The van der Waals surface area contributed by atoms with Crippen molar-refractivity contribution in [1.82, 2.24) is 4.90 Å². The topological polar surface area (TPSA) is 32.3 Å². The van der Waals surface area contributed by atoms with E-state index in [0.29, 0.717) is 17.9 Å². The van der Waals surface area contributed by atoms with Gasteiger partial charge in [-0.1, -0.05) is 41.9 Å². The van der Waals surface area contributed by atoms with Crippen molar-refractivity contribution in [3.8, 4) is 0 Å². The molecule has 0 aliphatic carbocycles. The second kappa shape index (κ2) is 7.97. The number of para-hydroxylation sites is 1. The van der Waals surface area contributed by atoms with E-state index in [1.807, 2.05) is 62.6 Å². The molecule has 0 bridgehead atoms. The Kier molecular flexibility index (Phi) is 5.99. The summed E-state index contributed by atoms with van der Waals surface area (Å²) in [5.41, 5.74) is 3.12. The highest BCUT2D eigenvalue weighted by Gasteiger charge is 2.07. The molecule has 116 valence electrons. The molecule has 1 N–H and O–H groups in total. The van der Waals surface area contributed by atoms with E-state index < -0.39 is 0 Å². The first-order valence-corrected chi connectivity index (χ1v) is 7.69. The Labute approximate surface area is 136 Å². The third kappa shape index (κ3) is 5.17. The van der Waals surface area contributed by atoms with Gasteiger partial charge in [0.15, 0.2) is 0 Å². The molecule has 0 aromatic heterocycles. The van der Waals surface area contributed by atoms with Crippen molar-refractivity contribution >= 4 is 23.2 Å². The molecular formula is C18H21ClN2O. The van der Waals surface area contributed by atoms with E-state index in [-0.39, 0.29) is 5.91 Å². The quantitative estimate of drug-likeness (QED) is 0.874. The van der Waals surface area contributed by atoms with Gasteiger partial charge < -0.3 is 10.2 Å². The summed E-state index contributed by atoms with van der Waals surface area (Å²) in [6.07, 6.45) is 1.16. The van der Waals surface area contributed by atoms with Gasteiger partial charge in [0.1, 0.15) is 0 Å². The van der Waals surface area contributed by atoms with E-state index in [0.717, 1.165) is 23.4 Å².